The summed E-state index contributed by atoms with van der Waals surface area (Å²) >= 11 is 0. The van der Waals surface area contributed by atoms with Gasteiger partial charge in [-0.3, -0.25) is 4.79 Å². The van der Waals surface area contributed by atoms with Crippen LogP contribution >= 0.6 is 0 Å². The molecule has 8 heteroatoms. The number of nitrogens with zero attached hydrogens (tertiary/aromatic N) is 4. The van der Waals surface area contributed by atoms with Crippen molar-refractivity contribution in [2.75, 3.05) is 30.5 Å². The van der Waals surface area contributed by atoms with Crippen LogP contribution < -0.4 is 16.4 Å². The van der Waals surface area contributed by atoms with Crippen molar-refractivity contribution in [1.82, 2.24) is 19.9 Å². The summed E-state index contributed by atoms with van der Waals surface area (Å²) in [7, 11) is 4.10. The van der Waals surface area contributed by atoms with Crippen molar-refractivity contribution in [3.8, 4) is 0 Å². The van der Waals surface area contributed by atoms with Crippen LogP contribution in [0.5, 0.6) is 0 Å². The Labute approximate surface area is 209 Å². The number of amides is 1. The molecule has 2 aromatic heterocycles. The lowest BCUT2D eigenvalue weighted by Gasteiger charge is -2.16. The average molecular weight is 478 g/mol. The highest BCUT2D eigenvalue weighted by atomic mass is 16.1. The first-order chi connectivity index (χ1) is 17.4. The maximum Gasteiger partial charge on any atom is 0.257 e. The topological polar surface area (TPSA) is 109 Å². The second kappa shape index (κ2) is 9.59. The number of nitrogen functional groups attached to an aromatic ring is 1. The lowest BCUT2D eigenvalue weighted by Crippen LogP contribution is -2.14. The maximum atomic E-state index is 13.4. The highest BCUT2D eigenvalue weighted by Gasteiger charge is 2.16. The Morgan fingerprint density at radius 3 is 2.50 bits per heavy atom. The van der Waals surface area contributed by atoms with E-state index in [2.05, 4.69) is 42.6 Å². The summed E-state index contributed by atoms with van der Waals surface area (Å²) in [6, 6.07) is 19.5. The highest BCUT2D eigenvalue weighted by molar-refractivity contribution is 6.16. The summed E-state index contributed by atoms with van der Waals surface area (Å²) in [6.07, 6.45) is 3.11. The van der Waals surface area contributed by atoms with Gasteiger partial charge in [-0.15, -0.1) is 0 Å². The van der Waals surface area contributed by atoms with Crippen molar-refractivity contribution in [2.24, 2.45) is 0 Å². The minimum atomic E-state index is -0.267. The molecule has 0 aliphatic heterocycles. The van der Waals surface area contributed by atoms with Gasteiger partial charge in [-0.05, 0) is 62.5 Å². The van der Waals surface area contributed by atoms with Crippen molar-refractivity contribution < 1.29 is 4.79 Å². The molecule has 36 heavy (non-hydrogen) atoms. The number of aryl methyl sites for hydroxylation is 1. The van der Waals surface area contributed by atoms with Gasteiger partial charge >= 0.3 is 0 Å². The van der Waals surface area contributed by atoms with Crippen LogP contribution in [0.1, 0.15) is 21.5 Å². The summed E-state index contributed by atoms with van der Waals surface area (Å²) in [5.74, 6) is 0.790. The van der Waals surface area contributed by atoms with E-state index in [0.717, 1.165) is 34.3 Å². The molecular formula is C28H27N7O. The lowest BCUT2D eigenvalue weighted by molar-refractivity contribution is 0.102. The van der Waals surface area contributed by atoms with Gasteiger partial charge in [-0.1, -0.05) is 30.3 Å². The Hall–Kier alpha value is -4.56. The van der Waals surface area contributed by atoms with Gasteiger partial charge in [0.05, 0.1) is 16.8 Å². The van der Waals surface area contributed by atoms with Crippen LogP contribution in [0.4, 0.5) is 23.0 Å². The fourth-order valence-corrected chi connectivity index (χ4v) is 4.30. The quantitative estimate of drug-likeness (QED) is 0.311. The molecule has 0 saturated carbocycles. The number of fused-ring (bicyclic) bond motifs is 2. The van der Waals surface area contributed by atoms with Gasteiger partial charge < -0.3 is 21.3 Å². The number of pyridine rings is 1. The summed E-state index contributed by atoms with van der Waals surface area (Å²) < 4.78 is 0. The van der Waals surface area contributed by atoms with Gasteiger partial charge in [0.15, 0.2) is 0 Å². The van der Waals surface area contributed by atoms with Gasteiger partial charge in [0.2, 0.25) is 0 Å². The fraction of sp³-hybridized carbons (Fsp3) is 0.143. The largest absolute Gasteiger partial charge is 0.383 e. The van der Waals surface area contributed by atoms with Gasteiger partial charge in [0.25, 0.3) is 5.91 Å². The molecule has 0 aliphatic rings. The summed E-state index contributed by atoms with van der Waals surface area (Å²) in [5.41, 5.74) is 10.8. The van der Waals surface area contributed by atoms with Crippen molar-refractivity contribution in [3.63, 3.8) is 0 Å². The first kappa shape index (κ1) is 23.2. The molecule has 0 atom stereocenters. The molecule has 0 aliphatic carbocycles. The molecule has 5 aromatic rings. The fourth-order valence-electron chi connectivity index (χ4n) is 4.30. The Morgan fingerprint density at radius 1 is 0.917 bits per heavy atom. The molecule has 0 radical (unpaired) electrons. The zero-order valence-electron chi connectivity index (χ0n) is 20.4. The van der Waals surface area contributed by atoms with Crippen LogP contribution in [0.3, 0.4) is 0 Å². The van der Waals surface area contributed by atoms with Gasteiger partial charge in [-0.2, -0.15) is 0 Å². The van der Waals surface area contributed by atoms with Crippen LogP contribution in [0.15, 0.2) is 73.2 Å². The Kier molecular flexibility index (Phi) is 6.18. The maximum absolute atomic E-state index is 13.4. The number of rotatable bonds is 6. The molecule has 180 valence electrons. The van der Waals surface area contributed by atoms with Crippen molar-refractivity contribution in [1.29, 1.82) is 0 Å². The molecule has 4 N–H and O–H groups in total. The summed E-state index contributed by atoms with van der Waals surface area (Å²) in [6.45, 7) is 2.85. The van der Waals surface area contributed by atoms with Gasteiger partial charge in [0, 0.05) is 34.6 Å². The van der Waals surface area contributed by atoms with Crippen LogP contribution in [0.25, 0.3) is 21.7 Å². The van der Waals surface area contributed by atoms with Crippen molar-refractivity contribution in [2.45, 2.75) is 13.5 Å². The molecule has 0 bridgehead atoms. The first-order valence-corrected chi connectivity index (χ1v) is 11.6. The van der Waals surface area contributed by atoms with E-state index >= 15 is 0 Å². The molecule has 0 saturated heterocycles. The predicted molar refractivity (Wildman–Crippen MR) is 145 cm³/mol. The molecule has 1 amide bonds. The van der Waals surface area contributed by atoms with E-state index in [0.29, 0.717) is 28.1 Å². The molecule has 2 heterocycles. The average Bonchev–Trinajstić information content (AvgIpc) is 2.86. The van der Waals surface area contributed by atoms with E-state index in [-0.39, 0.29) is 5.91 Å². The third-order valence-corrected chi connectivity index (χ3v) is 6.05. The number of anilines is 4. The van der Waals surface area contributed by atoms with Crippen molar-refractivity contribution >= 4 is 50.6 Å². The molecule has 0 unspecified atom stereocenters. The Morgan fingerprint density at radius 2 is 1.72 bits per heavy atom. The zero-order chi connectivity index (χ0) is 25.2. The number of carbonyl (C=O) groups is 1. The number of carbonyl (C=O) groups excluding carboxylic acids is 1. The molecule has 5 rings (SSSR count). The van der Waals surface area contributed by atoms with Crippen LogP contribution in [0, 0.1) is 6.92 Å². The van der Waals surface area contributed by atoms with Crippen molar-refractivity contribution in [3.05, 3.63) is 89.9 Å². The van der Waals surface area contributed by atoms with E-state index in [4.69, 9.17) is 5.73 Å². The number of hydrogen-bond donors (Lipinski definition) is 3. The number of aromatic nitrogens is 3. The number of hydrogen-bond acceptors (Lipinski definition) is 7. The normalized spacial score (nSPS) is 11.2. The minimum absolute atomic E-state index is 0.267. The minimum Gasteiger partial charge on any atom is -0.383 e. The molecule has 3 aromatic carbocycles. The number of nitrogens with one attached hydrogen (secondary N) is 2. The number of para-hydroxylation sites is 1. The van der Waals surface area contributed by atoms with E-state index in [1.165, 1.54) is 11.9 Å². The standard InChI is InChI=1S/C28H27N7O/c1-17-7-12-21-20(13-14-30-27(21)33-19-10-8-18(9-11-19)15-35(2)3)24(17)34-28(36)23-6-4-5-22-25(23)31-16-32-26(22)29/h4-14,16H,15H2,1-3H3,(H,30,33)(H,34,36)(H2,29,31,32). The zero-order valence-corrected chi connectivity index (χ0v) is 20.4. The van der Waals surface area contributed by atoms with Crippen LogP contribution in [-0.4, -0.2) is 39.9 Å². The third-order valence-electron chi connectivity index (χ3n) is 6.05. The summed E-state index contributed by atoms with van der Waals surface area (Å²) in [4.78, 5) is 28.4. The first-order valence-electron chi connectivity index (χ1n) is 11.6. The Balaban J connectivity index is 1.48. The summed E-state index contributed by atoms with van der Waals surface area (Å²) in [5, 5.41) is 8.96. The predicted octanol–water partition coefficient (Wildman–Crippen LogP) is 5.13. The Bertz CT molecular complexity index is 1580. The van der Waals surface area contributed by atoms with E-state index in [9.17, 15) is 4.79 Å². The third kappa shape index (κ3) is 4.54. The van der Waals surface area contributed by atoms with Crippen LogP contribution in [0.2, 0.25) is 0 Å². The van der Waals surface area contributed by atoms with Crippen LogP contribution in [-0.2, 0) is 6.54 Å². The number of benzene rings is 3. The second-order valence-corrected chi connectivity index (χ2v) is 8.99. The van der Waals surface area contributed by atoms with E-state index < -0.39 is 0 Å². The van der Waals surface area contributed by atoms with Gasteiger partial charge in [0.1, 0.15) is 18.0 Å². The molecular weight excluding hydrogens is 450 g/mol. The molecule has 0 spiro atoms. The number of nitrogens with two attached hydrogens (primary N) is 1. The van der Waals surface area contributed by atoms with Gasteiger partial charge in [-0.25, -0.2) is 15.0 Å². The SMILES string of the molecule is Cc1ccc2c(Nc3ccc(CN(C)C)cc3)nccc2c1NC(=O)c1cccc2c(N)ncnc12. The molecule has 8 nitrogen and oxygen atoms in total. The second-order valence-electron chi connectivity index (χ2n) is 8.99. The molecule has 0 fully saturated rings. The smallest absolute Gasteiger partial charge is 0.257 e. The monoisotopic (exact) mass is 477 g/mol. The lowest BCUT2D eigenvalue weighted by atomic mass is 10.0. The highest BCUT2D eigenvalue weighted by Crippen LogP contribution is 2.33. The van der Waals surface area contributed by atoms with E-state index in [1.54, 1.807) is 24.4 Å². The van der Waals surface area contributed by atoms with E-state index in [1.807, 2.05) is 51.4 Å².